The standard InChI is InChI=1S/C14H15NO4/c1-19-8-11(7-14(17)18)9-2-4-12-10(6-9)3-5-13(16)15-12/h2,4,6-7H,3,5,8H2,1H3,(H,15,16)(H,17,18)/b11-7+. The van der Waals surface area contributed by atoms with E-state index < -0.39 is 5.97 Å². The number of hydrogen-bond acceptors (Lipinski definition) is 3. The first-order valence-electron chi connectivity index (χ1n) is 5.95. The smallest absolute Gasteiger partial charge is 0.328 e. The monoisotopic (exact) mass is 261 g/mol. The van der Waals surface area contributed by atoms with E-state index in [2.05, 4.69) is 5.32 Å². The molecule has 0 fully saturated rings. The minimum absolute atomic E-state index is 0.0124. The maximum atomic E-state index is 11.3. The lowest BCUT2D eigenvalue weighted by Gasteiger charge is -2.18. The van der Waals surface area contributed by atoms with Crippen molar-refractivity contribution in [3.8, 4) is 0 Å². The van der Waals surface area contributed by atoms with Gasteiger partial charge in [0, 0.05) is 25.3 Å². The second kappa shape index (κ2) is 5.67. The number of carboxylic acids is 1. The number of carbonyl (C=O) groups excluding carboxylic acids is 1. The van der Waals surface area contributed by atoms with Crippen molar-refractivity contribution in [3.63, 3.8) is 0 Å². The Kier molecular flexibility index (Phi) is 3.97. The van der Waals surface area contributed by atoms with Crippen molar-refractivity contribution in [3.05, 3.63) is 35.4 Å². The number of benzene rings is 1. The molecule has 19 heavy (non-hydrogen) atoms. The van der Waals surface area contributed by atoms with E-state index in [0.717, 1.165) is 22.9 Å². The fourth-order valence-corrected chi connectivity index (χ4v) is 2.10. The zero-order chi connectivity index (χ0) is 13.8. The van der Waals surface area contributed by atoms with E-state index in [0.29, 0.717) is 18.4 Å². The molecule has 100 valence electrons. The topological polar surface area (TPSA) is 75.6 Å². The summed E-state index contributed by atoms with van der Waals surface area (Å²) in [6.45, 7) is 0.234. The molecule has 1 heterocycles. The molecule has 0 bridgehead atoms. The lowest BCUT2D eigenvalue weighted by atomic mass is 9.97. The predicted molar refractivity (Wildman–Crippen MR) is 70.9 cm³/mol. The van der Waals surface area contributed by atoms with Crippen LogP contribution in [-0.4, -0.2) is 30.7 Å². The molecule has 0 atom stereocenters. The Morgan fingerprint density at radius 1 is 1.47 bits per heavy atom. The van der Waals surface area contributed by atoms with Gasteiger partial charge in [-0.1, -0.05) is 6.07 Å². The Labute approximate surface area is 110 Å². The molecular formula is C14H15NO4. The third-order valence-corrected chi connectivity index (χ3v) is 2.97. The van der Waals surface area contributed by atoms with E-state index in [1.807, 2.05) is 6.07 Å². The normalized spacial score (nSPS) is 14.8. The van der Waals surface area contributed by atoms with Crippen molar-refractivity contribution >= 4 is 23.1 Å². The summed E-state index contributed by atoms with van der Waals surface area (Å²) in [6, 6.07) is 5.49. The first-order valence-corrected chi connectivity index (χ1v) is 5.95. The molecule has 0 spiro atoms. The summed E-state index contributed by atoms with van der Waals surface area (Å²) in [4.78, 5) is 22.1. The summed E-state index contributed by atoms with van der Waals surface area (Å²) in [5.41, 5.74) is 3.23. The van der Waals surface area contributed by atoms with Gasteiger partial charge in [-0.05, 0) is 35.3 Å². The number of amides is 1. The number of carboxylic acid groups (broad SMARTS) is 1. The molecule has 5 nitrogen and oxygen atoms in total. The van der Waals surface area contributed by atoms with Gasteiger partial charge < -0.3 is 15.2 Å². The highest BCUT2D eigenvalue weighted by Gasteiger charge is 2.15. The Hall–Kier alpha value is -2.14. The van der Waals surface area contributed by atoms with Crippen LogP contribution < -0.4 is 5.32 Å². The molecule has 1 aromatic rings. The van der Waals surface area contributed by atoms with Gasteiger partial charge in [0.15, 0.2) is 0 Å². The number of fused-ring (bicyclic) bond motifs is 1. The number of aryl methyl sites for hydroxylation is 1. The Morgan fingerprint density at radius 2 is 2.26 bits per heavy atom. The fourth-order valence-electron chi connectivity index (χ4n) is 2.10. The van der Waals surface area contributed by atoms with Crippen molar-refractivity contribution in [1.82, 2.24) is 0 Å². The first-order chi connectivity index (χ1) is 9.10. The van der Waals surface area contributed by atoms with Crippen LogP contribution in [0.2, 0.25) is 0 Å². The van der Waals surface area contributed by atoms with Crippen LogP contribution in [0.15, 0.2) is 24.3 Å². The summed E-state index contributed by atoms with van der Waals surface area (Å²) < 4.78 is 5.02. The van der Waals surface area contributed by atoms with Gasteiger partial charge in [0.1, 0.15) is 0 Å². The molecule has 1 aliphatic rings. The number of rotatable bonds is 4. The minimum Gasteiger partial charge on any atom is -0.478 e. The molecule has 2 N–H and O–H groups in total. The van der Waals surface area contributed by atoms with Gasteiger partial charge in [-0.25, -0.2) is 4.79 Å². The van der Waals surface area contributed by atoms with Crippen molar-refractivity contribution in [2.24, 2.45) is 0 Å². The van der Waals surface area contributed by atoms with Gasteiger partial charge in [-0.2, -0.15) is 0 Å². The summed E-state index contributed by atoms with van der Waals surface area (Å²) in [5.74, 6) is -0.989. The molecule has 0 aromatic heterocycles. The highest BCUT2D eigenvalue weighted by atomic mass is 16.5. The minimum atomic E-state index is -1.00. The summed E-state index contributed by atoms with van der Waals surface area (Å²) in [6.07, 6.45) is 2.27. The van der Waals surface area contributed by atoms with Crippen LogP contribution in [0, 0.1) is 0 Å². The zero-order valence-electron chi connectivity index (χ0n) is 10.6. The highest BCUT2D eigenvalue weighted by Crippen LogP contribution is 2.26. The average molecular weight is 261 g/mol. The van der Waals surface area contributed by atoms with Gasteiger partial charge in [0.25, 0.3) is 0 Å². The molecular weight excluding hydrogens is 246 g/mol. The first kappa shape index (κ1) is 13.3. The second-order valence-electron chi connectivity index (χ2n) is 4.36. The lowest BCUT2D eigenvalue weighted by molar-refractivity contribution is -0.131. The summed E-state index contributed by atoms with van der Waals surface area (Å²) in [5, 5.41) is 11.6. The van der Waals surface area contributed by atoms with E-state index in [1.54, 1.807) is 12.1 Å². The highest BCUT2D eigenvalue weighted by molar-refractivity contribution is 5.95. The number of aliphatic carboxylic acids is 1. The number of nitrogens with one attached hydrogen (secondary N) is 1. The van der Waals surface area contributed by atoms with E-state index in [9.17, 15) is 9.59 Å². The molecule has 1 aromatic carbocycles. The zero-order valence-corrected chi connectivity index (χ0v) is 10.6. The number of anilines is 1. The lowest BCUT2D eigenvalue weighted by Crippen LogP contribution is -2.19. The molecule has 0 aliphatic carbocycles. The van der Waals surface area contributed by atoms with Crippen molar-refractivity contribution in [2.45, 2.75) is 12.8 Å². The Bertz CT molecular complexity index is 548. The maximum Gasteiger partial charge on any atom is 0.328 e. The molecule has 0 saturated carbocycles. The van der Waals surface area contributed by atoms with Crippen LogP contribution in [0.1, 0.15) is 17.5 Å². The number of carbonyl (C=O) groups is 2. The predicted octanol–water partition coefficient (Wildman–Crippen LogP) is 1.69. The van der Waals surface area contributed by atoms with Crippen LogP contribution in [0.5, 0.6) is 0 Å². The third kappa shape index (κ3) is 3.20. The molecule has 0 radical (unpaired) electrons. The van der Waals surface area contributed by atoms with Crippen LogP contribution in [0.4, 0.5) is 5.69 Å². The Balaban J connectivity index is 2.34. The quantitative estimate of drug-likeness (QED) is 0.809. The van der Waals surface area contributed by atoms with Gasteiger partial charge in [-0.15, -0.1) is 0 Å². The number of hydrogen-bond donors (Lipinski definition) is 2. The maximum absolute atomic E-state index is 11.3. The van der Waals surface area contributed by atoms with Gasteiger partial charge in [0.2, 0.25) is 5.91 Å². The van der Waals surface area contributed by atoms with Crippen molar-refractivity contribution in [2.75, 3.05) is 19.0 Å². The number of methoxy groups -OCH3 is 1. The van der Waals surface area contributed by atoms with Crippen LogP contribution >= 0.6 is 0 Å². The van der Waals surface area contributed by atoms with E-state index in [-0.39, 0.29) is 12.5 Å². The fraction of sp³-hybridized carbons (Fsp3) is 0.286. The van der Waals surface area contributed by atoms with E-state index in [1.165, 1.54) is 7.11 Å². The molecule has 1 amide bonds. The molecule has 5 heteroatoms. The Morgan fingerprint density at radius 3 is 2.95 bits per heavy atom. The number of ether oxygens (including phenoxy) is 1. The molecule has 0 saturated heterocycles. The van der Waals surface area contributed by atoms with Gasteiger partial charge >= 0.3 is 5.97 Å². The SMILES string of the molecule is COC/C(=C\C(=O)O)c1ccc2c(c1)CCC(=O)N2. The largest absolute Gasteiger partial charge is 0.478 e. The molecule has 1 aliphatic heterocycles. The molecule has 2 rings (SSSR count). The van der Waals surface area contributed by atoms with Crippen LogP contribution in [-0.2, 0) is 20.7 Å². The van der Waals surface area contributed by atoms with Gasteiger partial charge in [0.05, 0.1) is 6.61 Å². The van der Waals surface area contributed by atoms with Crippen LogP contribution in [0.3, 0.4) is 0 Å². The molecule has 0 unspecified atom stereocenters. The van der Waals surface area contributed by atoms with Crippen LogP contribution in [0.25, 0.3) is 5.57 Å². The van der Waals surface area contributed by atoms with Crippen molar-refractivity contribution < 1.29 is 19.4 Å². The van der Waals surface area contributed by atoms with E-state index >= 15 is 0 Å². The second-order valence-corrected chi connectivity index (χ2v) is 4.36. The summed E-state index contributed by atoms with van der Waals surface area (Å²) in [7, 11) is 1.52. The summed E-state index contributed by atoms with van der Waals surface area (Å²) >= 11 is 0. The van der Waals surface area contributed by atoms with Crippen molar-refractivity contribution in [1.29, 1.82) is 0 Å². The third-order valence-electron chi connectivity index (χ3n) is 2.97. The van der Waals surface area contributed by atoms with Gasteiger partial charge in [-0.3, -0.25) is 4.79 Å². The van der Waals surface area contributed by atoms with E-state index in [4.69, 9.17) is 9.84 Å². The average Bonchev–Trinajstić information content (AvgIpc) is 2.37.